The van der Waals surface area contributed by atoms with E-state index in [-0.39, 0.29) is 40.8 Å². The van der Waals surface area contributed by atoms with Crippen molar-refractivity contribution in [3.05, 3.63) is 144 Å². The van der Waals surface area contributed by atoms with E-state index in [1.807, 2.05) is 53.4 Å². The summed E-state index contributed by atoms with van der Waals surface area (Å²) in [5.41, 5.74) is 3.60. The third-order valence-corrected chi connectivity index (χ3v) is 9.58. The van der Waals surface area contributed by atoms with E-state index in [2.05, 4.69) is 81.3 Å². The number of rotatable bonds is 14. The number of amides is 1. The zero-order valence-electron chi connectivity index (χ0n) is 29.7. The van der Waals surface area contributed by atoms with Crippen molar-refractivity contribution in [3.63, 3.8) is 0 Å². The van der Waals surface area contributed by atoms with Crippen molar-refractivity contribution in [2.75, 3.05) is 6.61 Å². The fourth-order valence-electron chi connectivity index (χ4n) is 6.84. The van der Waals surface area contributed by atoms with Crippen molar-refractivity contribution in [1.29, 1.82) is 0 Å². The second kappa shape index (κ2) is 20.5. The number of β-lactam (4-membered cyclic amide) rings is 1. The Hall–Kier alpha value is -4.56. The molecule has 7 rings (SSSR count). The first kappa shape index (κ1) is 38.7. The van der Waals surface area contributed by atoms with Crippen LogP contribution in [0.25, 0.3) is 6.08 Å². The predicted molar refractivity (Wildman–Crippen MR) is 203 cm³/mol. The zero-order chi connectivity index (χ0) is 35.1. The standard InChI is InChI=1S/C38H43N5O3.C5H6.Fe/c44-36(23-21-30-14-8-9-15-30)31-16-10-19-34(26-31)46-25-11-24-42-28-32(40-41-42)27-39-37-35(22-20-29-12-4-3-5-13-29)43(38(37)45)33-17-6-1-2-7-18-33;1-2-4-5-3-1;/h3-5,8,10,12-16,19-23,26,28,33,35,37,39H,1-2,6-7,9,11,17-18,24-25,27H2;1-4H,5H2;/q;;+2/b22-20+,23-21+;;/t35-,37+;;/m1../s1. The van der Waals surface area contributed by atoms with Crippen LogP contribution < -0.4 is 10.1 Å². The van der Waals surface area contributed by atoms with Gasteiger partial charge in [-0.1, -0.05) is 134 Å². The summed E-state index contributed by atoms with van der Waals surface area (Å²) in [6.07, 6.45) is 34.1. The zero-order valence-corrected chi connectivity index (χ0v) is 30.8. The Morgan fingerprint density at radius 1 is 0.942 bits per heavy atom. The van der Waals surface area contributed by atoms with Crippen LogP contribution in [0.15, 0.2) is 127 Å². The van der Waals surface area contributed by atoms with Crippen molar-refractivity contribution in [2.24, 2.45) is 0 Å². The number of ketones is 1. The Bertz CT molecular complexity index is 1770. The smallest absolute Gasteiger partial charge is 0.494 e. The summed E-state index contributed by atoms with van der Waals surface area (Å²) in [6, 6.07) is 17.6. The number of nitrogens with one attached hydrogen (secondary N) is 1. The second-order valence-electron chi connectivity index (χ2n) is 13.3. The molecule has 1 N–H and O–H groups in total. The minimum Gasteiger partial charge on any atom is -0.494 e. The minimum atomic E-state index is -0.267. The van der Waals surface area contributed by atoms with Crippen LogP contribution in [0.5, 0.6) is 5.75 Å². The van der Waals surface area contributed by atoms with E-state index in [0.29, 0.717) is 37.1 Å². The number of aromatic nitrogens is 3. The van der Waals surface area contributed by atoms with Gasteiger partial charge in [-0.2, -0.15) is 0 Å². The van der Waals surface area contributed by atoms with Crippen LogP contribution >= 0.6 is 0 Å². The second-order valence-corrected chi connectivity index (χ2v) is 13.3. The minimum absolute atomic E-state index is 0. The number of nitrogens with zero attached hydrogens (tertiary/aromatic N) is 4. The van der Waals surface area contributed by atoms with Gasteiger partial charge in [0.1, 0.15) is 11.8 Å². The molecule has 1 aliphatic heterocycles. The maximum Gasteiger partial charge on any atom is 2.00 e. The number of ether oxygens (including phenoxy) is 1. The van der Waals surface area contributed by atoms with Crippen LogP contribution in [0, 0.1) is 0 Å². The van der Waals surface area contributed by atoms with Crippen LogP contribution in [-0.4, -0.2) is 56.3 Å². The van der Waals surface area contributed by atoms with Gasteiger partial charge < -0.3 is 9.64 Å². The maximum absolute atomic E-state index is 13.4. The largest absolute Gasteiger partial charge is 2.00 e. The van der Waals surface area contributed by atoms with Gasteiger partial charge in [0.15, 0.2) is 5.78 Å². The Balaban J connectivity index is 0.000000803. The Labute approximate surface area is 318 Å². The normalized spacial score (nSPS) is 19.7. The Morgan fingerprint density at radius 2 is 1.75 bits per heavy atom. The van der Waals surface area contributed by atoms with Crippen molar-refractivity contribution < 1.29 is 31.4 Å². The number of carbonyl (C=O) groups is 2. The molecular formula is C43H49FeN5O3+2. The Morgan fingerprint density at radius 3 is 2.48 bits per heavy atom. The average Bonchev–Trinajstić information content (AvgIpc) is 3.96. The van der Waals surface area contributed by atoms with Crippen molar-refractivity contribution in [3.8, 4) is 5.75 Å². The van der Waals surface area contributed by atoms with E-state index in [1.54, 1.807) is 18.2 Å². The number of carbonyl (C=O) groups excluding carboxylic acids is 2. The molecule has 2 fully saturated rings. The van der Waals surface area contributed by atoms with E-state index in [1.165, 1.54) is 25.7 Å². The average molecular weight is 740 g/mol. The summed E-state index contributed by atoms with van der Waals surface area (Å²) in [5, 5.41) is 12.1. The van der Waals surface area contributed by atoms with Gasteiger partial charge in [0, 0.05) is 37.3 Å². The summed E-state index contributed by atoms with van der Waals surface area (Å²) in [4.78, 5) is 28.1. The molecule has 0 radical (unpaired) electrons. The SMILES string of the molecule is C1=CCC=C1.O=C(/C=C/C1=CCC=C1)c1cccc(OCCCn2cc(CN[C@@H]3C(=O)N(C4CCCCCC4)[C@@H]3/C=C/c3ccccc3)nn2)c1.[Fe+2]. The van der Waals surface area contributed by atoms with E-state index in [4.69, 9.17) is 4.74 Å². The third-order valence-electron chi connectivity index (χ3n) is 9.58. The van der Waals surface area contributed by atoms with Crippen LogP contribution in [0.4, 0.5) is 0 Å². The van der Waals surface area contributed by atoms with Gasteiger partial charge in [0.05, 0.1) is 18.3 Å². The molecule has 52 heavy (non-hydrogen) atoms. The van der Waals surface area contributed by atoms with Gasteiger partial charge in [0.25, 0.3) is 0 Å². The number of aryl methyl sites for hydroxylation is 1. The summed E-state index contributed by atoms with van der Waals surface area (Å²) in [5.74, 6) is 0.806. The van der Waals surface area contributed by atoms with Crippen molar-refractivity contribution in [2.45, 2.75) is 89.0 Å². The number of allylic oxidation sites excluding steroid dienone is 10. The van der Waals surface area contributed by atoms with Gasteiger partial charge >= 0.3 is 17.1 Å². The molecule has 2 heterocycles. The van der Waals surface area contributed by atoms with Gasteiger partial charge in [-0.25, -0.2) is 0 Å². The molecule has 0 unspecified atom stereocenters. The summed E-state index contributed by atoms with van der Waals surface area (Å²) in [6.45, 7) is 1.61. The third kappa shape index (κ3) is 11.2. The quantitative estimate of drug-likeness (QED) is 0.0451. The maximum atomic E-state index is 13.4. The molecule has 0 spiro atoms. The number of likely N-dealkylation sites (tertiary alicyclic amines) is 1. The molecular weight excluding hydrogens is 690 g/mol. The van der Waals surface area contributed by atoms with E-state index < -0.39 is 0 Å². The number of hydrogen-bond acceptors (Lipinski definition) is 6. The van der Waals surface area contributed by atoms with Crippen LogP contribution in [-0.2, 0) is 35.0 Å². The molecule has 1 saturated heterocycles. The first-order valence-corrected chi connectivity index (χ1v) is 18.5. The molecule has 1 aromatic heterocycles. The topological polar surface area (TPSA) is 89.4 Å². The monoisotopic (exact) mass is 739 g/mol. The predicted octanol–water partition coefficient (Wildman–Crippen LogP) is 7.98. The fourth-order valence-corrected chi connectivity index (χ4v) is 6.84. The van der Waals surface area contributed by atoms with Gasteiger partial charge in [-0.15, -0.1) is 5.10 Å². The molecule has 4 aliphatic rings. The van der Waals surface area contributed by atoms with E-state index in [9.17, 15) is 9.59 Å². The molecule has 9 heteroatoms. The Kier molecular flexibility index (Phi) is 15.2. The molecule has 1 amide bonds. The number of benzene rings is 2. The van der Waals surface area contributed by atoms with Gasteiger partial charge in [-0.3, -0.25) is 19.6 Å². The van der Waals surface area contributed by atoms with Crippen LogP contribution in [0.3, 0.4) is 0 Å². The number of hydrogen-bond donors (Lipinski definition) is 1. The fraction of sp³-hybridized carbons (Fsp3) is 0.349. The van der Waals surface area contributed by atoms with E-state index in [0.717, 1.165) is 48.9 Å². The van der Waals surface area contributed by atoms with Gasteiger partial charge in [-0.05, 0) is 55.0 Å². The summed E-state index contributed by atoms with van der Waals surface area (Å²) in [7, 11) is 0. The molecule has 2 aromatic carbocycles. The molecule has 8 nitrogen and oxygen atoms in total. The molecule has 270 valence electrons. The van der Waals surface area contributed by atoms with Crippen LogP contribution in [0.1, 0.15) is 79.4 Å². The molecule has 1 saturated carbocycles. The first-order valence-electron chi connectivity index (χ1n) is 18.5. The molecule has 2 atom stereocenters. The molecule has 3 aliphatic carbocycles. The molecule has 3 aromatic rings. The van der Waals surface area contributed by atoms with Crippen molar-refractivity contribution in [1.82, 2.24) is 25.2 Å². The summed E-state index contributed by atoms with van der Waals surface area (Å²) < 4.78 is 7.74. The van der Waals surface area contributed by atoms with E-state index >= 15 is 0 Å². The molecule has 0 bridgehead atoms. The van der Waals surface area contributed by atoms with Crippen LogP contribution in [0.2, 0.25) is 0 Å². The first-order chi connectivity index (χ1) is 25.1. The van der Waals surface area contributed by atoms with Gasteiger partial charge in [0.2, 0.25) is 5.91 Å². The summed E-state index contributed by atoms with van der Waals surface area (Å²) >= 11 is 0. The van der Waals surface area contributed by atoms with Crippen molar-refractivity contribution >= 4 is 17.8 Å².